The number of amides is 2. The number of nitrogens with one attached hydrogen (secondary N) is 2. The summed E-state index contributed by atoms with van der Waals surface area (Å²) in [5.74, 6) is -1.08. The number of anilines is 1. The van der Waals surface area contributed by atoms with Crippen molar-refractivity contribution >= 4 is 35.2 Å². The Morgan fingerprint density at radius 3 is 2.23 bits per heavy atom. The lowest BCUT2D eigenvalue weighted by Gasteiger charge is -2.36. The first-order chi connectivity index (χ1) is 21.4. The molecule has 0 spiro atoms. The summed E-state index contributed by atoms with van der Waals surface area (Å²) in [6, 6.07) is 18.0. The predicted molar refractivity (Wildman–Crippen MR) is 163 cm³/mol. The number of aliphatic hydroxyl groups is 1. The summed E-state index contributed by atoms with van der Waals surface area (Å²) in [5, 5.41) is 30.8. The highest BCUT2D eigenvalue weighted by Gasteiger charge is 2.32. The Balaban J connectivity index is 1.37. The number of carbonyl (C=O) groups excluding carboxylic acids is 2. The zero-order valence-electron chi connectivity index (χ0n) is 24.2. The SMILES string of the molecule is O=C(CCCCCCC(=O)Nc1ccc(C2OC(CSc3ncccc3C(=O)O)CC(c3ccc(CO)cc3)O2)cc1)NO. The van der Waals surface area contributed by atoms with Crippen molar-refractivity contribution in [1.82, 2.24) is 10.5 Å². The normalized spacial score (nSPS) is 18.0. The fourth-order valence-corrected chi connectivity index (χ4v) is 5.80. The number of carbonyl (C=O) groups is 3. The molecule has 0 saturated carbocycles. The van der Waals surface area contributed by atoms with Crippen molar-refractivity contribution in [3.63, 3.8) is 0 Å². The van der Waals surface area contributed by atoms with E-state index in [1.807, 2.05) is 36.4 Å². The number of hydroxylamine groups is 1. The fourth-order valence-electron chi connectivity index (χ4n) is 4.79. The average molecular weight is 624 g/mol. The van der Waals surface area contributed by atoms with Crippen LogP contribution in [-0.4, -0.2) is 50.0 Å². The molecule has 1 aliphatic rings. The van der Waals surface area contributed by atoms with Gasteiger partial charge in [0.25, 0.3) is 0 Å². The second-order valence-electron chi connectivity index (χ2n) is 10.4. The molecule has 3 atom stereocenters. The molecule has 11 nitrogen and oxygen atoms in total. The minimum Gasteiger partial charge on any atom is -0.478 e. The minimum atomic E-state index is -1.04. The van der Waals surface area contributed by atoms with Crippen LogP contribution < -0.4 is 10.8 Å². The van der Waals surface area contributed by atoms with Gasteiger partial charge in [0, 0.05) is 42.5 Å². The zero-order chi connectivity index (χ0) is 31.3. The fraction of sp³-hybridized carbons (Fsp3) is 0.375. The molecule has 1 saturated heterocycles. The number of hydrogen-bond donors (Lipinski definition) is 5. The smallest absolute Gasteiger partial charge is 0.338 e. The molecular formula is C32H37N3O8S. The number of ether oxygens (including phenoxy) is 2. The van der Waals surface area contributed by atoms with E-state index >= 15 is 0 Å². The highest BCUT2D eigenvalue weighted by molar-refractivity contribution is 7.99. The van der Waals surface area contributed by atoms with Gasteiger partial charge in [0.1, 0.15) is 5.03 Å². The number of nitrogens with zero attached hydrogens (tertiary/aromatic N) is 1. The Bertz CT molecular complexity index is 1390. The van der Waals surface area contributed by atoms with E-state index in [0.717, 1.165) is 29.5 Å². The minimum absolute atomic E-state index is 0.0544. The van der Waals surface area contributed by atoms with Crippen molar-refractivity contribution in [3.05, 3.63) is 89.1 Å². The number of carboxylic acid groups (broad SMARTS) is 1. The van der Waals surface area contributed by atoms with Crippen LogP contribution in [0.15, 0.2) is 71.9 Å². The van der Waals surface area contributed by atoms with Gasteiger partial charge in [-0.3, -0.25) is 14.8 Å². The maximum Gasteiger partial charge on any atom is 0.338 e. The van der Waals surface area contributed by atoms with Crippen molar-refractivity contribution in [2.24, 2.45) is 0 Å². The molecule has 0 aliphatic carbocycles. The predicted octanol–water partition coefficient (Wildman–Crippen LogP) is 5.39. The molecule has 2 aromatic carbocycles. The number of pyridine rings is 1. The van der Waals surface area contributed by atoms with Gasteiger partial charge in [-0.1, -0.05) is 49.2 Å². The molecule has 0 bridgehead atoms. The van der Waals surface area contributed by atoms with E-state index in [2.05, 4.69) is 10.3 Å². The van der Waals surface area contributed by atoms with E-state index in [1.165, 1.54) is 17.8 Å². The molecule has 5 N–H and O–H groups in total. The summed E-state index contributed by atoms with van der Waals surface area (Å²) < 4.78 is 12.7. The van der Waals surface area contributed by atoms with Gasteiger partial charge in [0.2, 0.25) is 11.8 Å². The highest BCUT2D eigenvalue weighted by atomic mass is 32.2. The zero-order valence-corrected chi connectivity index (χ0v) is 25.0. The Morgan fingerprint density at radius 1 is 0.886 bits per heavy atom. The number of aliphatic hydroxyl groups excluding tert-OH is 1. The van der Waals surface area contributed by atoms with E-state index in [9.17, 15) is 24.6 Å². The third kappa shape index (κ3) is 9.86. The molecule has 2 heterocycles. The molecule has 12 heteroatoms. The molecule has 2 amide bonds. The maximum absolute atomic E-state index is 12.4. The van der Waals surface area contributed by atoms with Crippen molar-refractivity contribution < 1.29 is 39.3 Å². The van der Waals surface area contributed by atoms with E-state index in [4.69, 9.17) is 14.7 Å². The number of hydrogen-bond acceptors (Lipinski definition) is 9. The van der Waals surface area contributed by atoms with Crippen molar-refractivity contribution in [3.8, 4) is 0 Å². The van der Waals surface area contributed by atoms with E-state index in [1.54, 1.807) is 29.9 Å². The number of thioether (sulfide) groups is 1. The topological polar surface area (TPSA) is 167 Å². The lowest BCUT2D eigenvalue weighted by molar-refractivity contribution is -0.245. The standard InChI is InChI=1S/C32H37N3O8S/c36-19-21-9-11-22(12-10-21)27-18-25(20-44-30-26(31(39)40)6-5-17-33-30)42-32(43-27)23-13-15-24(16-14-23)34-28(37)7-3-1-2-4-8-29(38)35-41/h5-6,9-17,25,27,32,36,41H,1-4,7-8,18-20H2,(H,34,37)(H,35,38)(H,39,40). The number of benzene rings is 2. The highest BCUT2D eigenvalue weighted by Crippen LogP contribution is 2.39. The lowest BCUT2D eigenvalue weighted by atomic mass is 10.0. The summed E-state index contributed by atoms with van der Waals surface area (Å²) >= 11 is 1.32. The molecule has 1 aromatic heterocycles. The van der Waals surface area contributed by atoms with Crippen LogP contribution in [0.25, 0.3) is 0 Å². The van der Waals surface area contributed by atoms with E-state index in [0.29, 0.717) is 42.1 Å². The van der Waals surface area contributed by atoms with Gasteiger partial charge in [-0.05, 0) is 48.2 Å². The first-order valence-electron chi connectivity index (χ1n) is 14.5. The maximum atomic E-state index is 12.4. The summed E-state index contributed by atoms with van der Waals surface area (Å²) in [7, 11) is 0. The van der Waals surface area contributed by atoms with Crippen molar-refractivity contribution in [2.45, 2.75) is 75.1 Å². The van der Waals surface area contributed by atoms with Crippen LogP contribution in [-0.2, 0) is 25.7 Å². The molecule has 234 valence electrons. The second-order valence-corrected chi connectivity index (χ2v) is 11.5. The van der Waals surface area contributed by atoms with Crippen LogP contribution in [0.4, 0.5) is 5.69 Å². The molecule has 44 heavy (non-hydrogen) atoms. The quantitative estimate of drug-likeness (QED) is 0.0640. The average Bonchev–Trinajstić information content (AvgIpc) is 3.05. The number of carboxylic acids is 1. The Kier molecular flexibility index (Phi) is 12.7. The number of unbranched alkanes of at least 4 members (excludes halogenated alkanes) is 3. The van der Waals surface area contributed by atoms with Gasteiger partial charge in [0.15, 0.2) is 6.29 Å². The molecule has 1 aliphatic heterocycles. The van der Waals surface area contributed by atoms with Gasteiger partial charge < -0.3 is 25.0 Å². The molecule has 3 unspecified atom stereocenters. The number of aromatic nitrogens is 1. The monoisotopic (exact) mass is 623 g/mol. The summed E-state index contributed by atoms with van der Waals surface area (Å²) in [5.41, 5.74) is 4.90. The van der Waals surface area contributed by atoms with Crippen molar-refractivity contribution in [2.75, 3.05) is 11.1 Å². The summed E-state index contributed by atoms with van der Waals surface area (Å²) in [6.45, 7) is -0.0544. The van der Waals surface area contributed by atoms with Gasteiger partial charge in [-0.15, -0.1) is 11.8 Å². The van der Waals surface area contributed by atoms with Gasteiger partial charge in [-0.2, -0.15) is 0 Å². The van der Waals surface area contributed by atoms with E-state index in [-0.39, 0.29) is 36.7 Å². The Hall–Kier alpha value is -3.81. The number of rotatable bonds is 15. The molecule has 4 rings (SSSR count). The number of aromatic carboxylic acids is 1. The van der Waals surface area contributed by atoms with Crippen LogP contribution in [0.5, 0.6) is 0 Å². The Morgan fingerprint density at radius 2 is 1.57 bits per heavy atom. The first kappa shape index (κ1) is 33.1. The third-order valence-electron chi connectivity index (χ3n) is 7.17. The third-order valence-corrected chi connectivity index (χ3v) is 8.31. The molecule has 1 fully saturated rings. The van der Waals surface area contributed by atoms with Crippen LogP contribution in [0.1, 0.15) is 84.4 Å². The molecule has 3 aromatic rings. The van der Waals surface area contributed by atoms with Gasteiger partial charge in [0.05, 0.1) is 24.4 Å². The molecule has 0 radical (unpaired) electrons. The molecular weight excluding hydrogens is 586 g/mol. The first-order valence-corrected chi connectivity index (χ1v) is 15.5. The van der Waals surface area contributed by atoms with Gasteiger partial charge in [-0.25, -0.2) is 15.3 Å². The van der Waals surface area contributed by atoms with Crippen molar-refractivity contribution in [1.29, 1.82) is 0 Å². The largest absolute Gasteiger partial charge is 0.478 e. The van der Waals surface area contributed by atoms with Gasteiger partial charge >= 0.3 is 5.97 Å². The van der Waals surface area contributed by atoms with Crippen LogP contribution in [0.3, 0.4) is 0 Å². The summed E-state index contributed by atoms with van der Waals surface area (Å²) in [4.78, 5) is 39.3. The lowest BCUT2D eigenvalue weighted by Crippen LogP contribution is -2.31. The van der Waals surface area contributed by atoms with Crippen LogP contribution in [0.2, 0.25) is 0 Å². The van der Waals surface area contributed by atoms with Crippen LogP contribution in [0, 0.1) is 0 Å². The second kappa shape index (κ2) is 16.9. The summed E-state index contributed by atoms with van der Waals surface area (Å²) in [6.07, 6.45) is 4.41. The van der Waals surface area contributed by atoms with E-state index < -0.39 is 18.2 Å². The Labute approximate surface area is 260 Å². The van der Waals surface area contributed by atoms with Crippen LogP contribution >= 0.6 is 11.8 Å².